The molecule has 0 aliphatic rings. The quantitative estimate of drug-likeness (QED) is 0.835. The molecular formula is C15H23ClN2O. The van der Waals surface area contributed by atoms with E-state index in [1.54, 1.807) is 4.90 Å². The number of carbonyl (C=O) groups is 1. The van der Waals surface area contributed by atoms with E-state index in [0.29, 0.717) is 30.5 Å². The van der Waals surface area contributed by atoms with Crippen LogP contribution in [0.25, 0.3) is 0 Å². The number of nitrogens with two attached hydrogens (primary N) is 1. The third-order valence-corrected chi connectivity index (χ3v) is 3.48. The van der Waals surface area contributed by atoms with Crippen molar-refractivity contribution in [3.63, 3.8) is 0 Å². The highest BCUT2D eigenvalue weighted by Gasteiger charge is 2.11. The molecule has 0 bridgehead atoms. The Labute approximate surface area is 120 Å². The van der Waals surface area contributed by atoms with Crippen molar-refractivity contribution in [2.45, 2.75) is 32.7 Å². The van der Waals surface area contributed by atoms with Crippen LogP contribution < -0.4 is 5.73 Å². The Morgan fingerprint density at radius 2 is 2.16 bits per heavy atom. The topological polar surface area (TPSA) is 46.3 Å². The molecule has 0 heterocycles. The summed E-state index contributed by atoms with van der Waals surface area (Å²) in [6.45, 7) is 3.43. The van der Waals surface area contributed by atoms with Crippen molar-refractivity contribution in [2.24, 2.45) is 11.7 Å². The first kappa shape index (κ1) is 16.0. The molecule has 1 aromatic carbocycles. The van der Waals surface area contributed by atoms with Crippen molar-refractivity contribution < 1.29 is 4.79 Å². The molecule has 1 unspecified atom stereocenters. The highest BCUT2D eigenvalue weighted by atomic mass is 35.5. The van der Waals surface area contributed by atoms with Gasteiger partial charge in [0.15, 0.2) is 0 Å². The Bertz CT molecular complexity index is 409. The normalized spacial score (nSPS) is 12.2. The molecule has 2 N–H and O–H groups in total. The minimum atomic E-state index is 0.170. The predicted molar refractivity (Wildman–Crippen MR) is 80.0 cm³/mol. The highest BCUT2D eigenvalue weighted by Crippen LogP contribution is 2.14. The average molecular weight is 283 g/mol. The molecule has 0 radical (unpaired) electrons. The van der Waals surface area contributed by atoms with Gasteiger partial charge in [-0.3, -0.25) is 4.79 Å². The zero-order valence-electron chi connectivity index (χ0n) is 11.7. The fraction of sp³-hybridized carbons (Fsp3) is 0.533. The molecule has 0 aliphatic carbocycles. The summed E-state index contributed by atoms with van der Waals surface area (Å²) in [6.07, 6.45) is 2.46. The van der Waals surface area contributed by atoms with Gasteiger partial charge in [0.25, 0.3) is 0 Å². The molecule has 1 amide bonds. The lowest BCUT2D eigenvalue weighted by molar-refractivity contribution is -0.130. The summed E-state index contributed by atoms with van der Waals surface area (Å²) in [4.78, 5) is 13.8. The number of amides is 1. The van der Waals surface area contributed by atoms with E-state index in [-0.39, 0.29) is 5.91 Å². The summed E-state index contributed by atoms with van der Waals surface area (Å²) < 4.78 is 0. The first-order valence-corrected chi connectivity index (χ1v) is 7.09. The Kier molecular flexibility index (Phi) is 6.89. The maximum atomic E-state index is 12.0. The fourth-order valence-corrected chi connectivity index (χ4v) is 2.20. The van der Waals surface area contributed by atoms with Crippen LogP contribution in [0.4, 0.5) is 0 Å². The van der Waals surface area contributed by atoms with Crippen molar-refractivity contribution in [1.82, 2.24) is 4.90 Å². The van der Waals surface area contributed by atoms with Crippen molar-refractivity contribution in [1.29, 1.82) is 0 Å². The van der Waals surface area contributed by atoms with E-state index in [1.807, 2.05) is 31.3 Å². The van der Waals surface area contributed by atoms with Gasteiger partial charge in [-0.2, -0.15) is 0 Å². The number of carbonyl (C=O) groups excluding carboxylic acids is 1. The third kappa shape index (κ3) is 6.08. The standard InChI is InChI=1S/C15H23ClN2O/c1-12(8-9-17)6-7-15(19)18(2)11-13-4-3-5-14(16)10-13/h3-5,10,12H,6-9,11,17H2,1-2H3. The molecule has 0 aliphatic heterocycles. The van der Waals surface area contributed by atoms with Crippen LogP contribution in [0, 0.1) is 5.92 Å². The summed E-state index contributed by atoms with van der Waals surface area (Å²) in [6, 6.07) is 7.61. The van der Waals surface area contributed by atoms with E-state index < -0.39 is 0 Å². The summed E-state index contributed by atoms with van der Waals surface area (Å²) in [5, 5.41) is 0.704. The van der Waals surface area contributed by atoms with Gasteiger partial charge >= 0.3 is 0 Å². The van der Waals surface area contributed by atoms with Gasteiger partial charge in [-0.15, -0.1) is 0 Å². The first-order valence-electron chi connectivity index (χ1n) is 6.71. The monoisotopic (exact) mass is 282 g/mol. The van der Waals surface area contributed by atoms with Crippen molar-refractivity contribution >= 4 is 17.5 Å². The number of hydrogen-bond donors (Lipinski definition) is 1. The first-order chi connectivity index (χ1) is 9.02. The van der Waals surface area contributed by atoms with Crippen LogP contribution >= 0.6 is 11.6 Å². The van der Waals surface area contributed by atoms with Crippen molar-refractivity contribution in [2.75, 3.05) is 13.6 Å². The smallest absolute Gasteiger partial charge is 0.222 e. The van der Waals surface area contributed by atoms with Gasteiger partial charge in [-0.05, 0) is 43.0 Å². The van der Waals surface area contributed by atoms with Gasteiger partial charge in [0.05, 0.1) is 0 Å². The molecule has 1 atom stereocenters. The van der Waals surface area contributed by atoms with Gasteiger partial charge in [0, 0.05) is 25.0 Å². The molecule has 0 fully saturated rings. The summed E-state index contributed by atoms with van der Waals surface area (Å²) in [7, 11) is 1.83. The minimum absolute atomic E-state index is 0.170. The Morgan fingerprint density at radius 3 is 2.79 bits per heavy atom. The second kappa shape index (κ2) is 8.18. The fourth-order valence-electron chi connectivity index (χ4n) is 1.99. The van der Waals surface area contributed by atoms with E-state index in [4.69, 9.17) is 17.3 Å². The average Bonchev–Trinajstić information content (AvgIpc) is 2.36. The van der Waals surface area contributed by atoms with Crippen LogP contribution in [-0.2, 0) is 11.3 Å². The number of halogens is 1. The van der Waals surface area contributed by atoms with Crippen LogP contribution in [0.3, 0.4) is 0 Å². The van der Waals surface area contributed by atoms with Gasteiger partial charge in [0.2, 0.25) is 5.91 Å². The second-order valence-electron chi connectivity index (χ2n) is 5.10. The van der Waals surface area contributed by atoms with Crippen LogP contribution in [0.5, 0.6) is 0 Å². The lowest BCUT2D eigenvalue weighted by Gasteiger charge is -2.18. The number of nitrogens with zero attached hydrogens (tertiary/aromatic N) is 1. The van der Waals surface area contributed by atoms with Crippen molar-refractivity contribution in [3.8, 4) is 0 Å². The van der Waals surface area contributed by atoms with Crippen molar-refractivity contribution in [3.05, 3.63) is 34.9 Å². The number of hydrogen-bond acceptors (Lipinski definition) is 2. The highest BCUT2D eigenvalue weighted by molar-refractivity contribution is 6.30. The molecule has 0 spiro atoms. The molecule has 4 heteroatoms. The summed E-state index contributed by atoms with van der Waals surface area (Å²) in [5.74, 6) is 0.678. The molecule has 19 heavy (non-hydrogen) atoms. The maximum Gasteiger partial charge on any atom is 0.222 e. The van der Waals surface area contributed by atoms with Crippen LogP contribution in [-0.4, -0.2) is 24.4 Å². The Balaban J connectivity index is 2.40. The van der Waals surface area contributed by atoms with E-state index in [0.717, 1.165) is 18.4 Å². The van der Waals surface area contributed by atoms with E-state index in [2.05, 4.69) is 6.92 Å². The summed E-state index contributed by atoms with van der Waals surface area (Å²) in [5.41, 5.74) is 6.56. The van der Waals surface area contributed by atoms with Gasteiger partial charge in [-0.1, -0.05) is 30.7 Å². The second-order valence-corrected chi connectivity index (χ2v) is 5.54. The Morgan fingerprint density at radius 1 is 1.42 bits per heavy atom. The number of benzene rings is 1. The molecule has 3 nitrogen and oxygen atoms in total. The predicted octanol–water partition coefficient (Wildman–Crippen LogP) is 3.06. The maximum absolute atomic E-state index is 12.0. The molecule has 1 aromatic rings. The molecule has 0 saturated carbocycles. The van der Waals surface area contributed by atoms with E-state index >= 15 is 0 Å². The van der Waals surface area contributed by atoms with Gasteiger partial charge in [0.1, 0.15) is 0 Å². The SMILES string of the molecule is CC(CCN)CCC(=O)N(C)Cc1cccc(Cl)c1. The lowest BCUT2D eigenvalue weighted by Crippen LogP contribution is -2.26. The molecule has 0 saturated heterocycles. The van der Waals surface area contributed by atoms with Gasteiger partial charge in [-0.25, -0.2) is 0 Å². The van der Waals surface area contributed by atoms with Crippen LogP contribution in [0.2, 0.25) is 5.02 Å². The van der Waals surface area contributed by atoms with E-state index in [1.165, 1.54) is 0 Å². The van der Waals surface area contributed by atoms with Crippen LogP contribution in [0.1, 0.15) is 31.7 Å². The molecule has 1 rings (SSSR count). The number of rotatable bonds is 7. The lowest BCUT2D eigenvalue weighted by atomic mass is 10.0. The molecule has 106 valence electrons. The summed E-state index contributed by atoms with van der Waals surface area (Å²) >= 11 is 5.93. The van der Waals surface area contributed by atoms with E-state index in [9.17, 15) is 4.79 Å². The Hall–Kier alpha value is -1.06. The molecular weight excluding hydrogens is 260 g/mol. The van der Waals surface area contributed by atoms with Gasteiger partial charge < -0.3 is 10.6 Å². The molecule has 0 aromatic heterocycles. The zero-order chi connectivity index (χ0) is 14.3. The van der Waals surface area contributed by atoms with Crippen LogP contribution in [0.15, 0.2) is 24.3 Å². The largest absolute Gasteiger partial charge is 0.341 e. The minimum Gasteiger partial charge on any atom is -0.341 e. The third-order valence-electron chi connectivity index (χ3n) is 3.24. The zero-order valence-corrected chi connectivity index (χ0v) is 12.5.